The van der Waals surface area contributed by atoms with E-state index < -0.39 is 0 Å². The molecule has 5 heteroatoms. The summed E-state index contributed by atoms with van der Waals surface area (Å²) in [5, 5.41) is 13.2. The molecule has 1 aromatic heterocycles. The molecule has 0 aliphatic heterocycles. The van der Waals surface area contributed by atoms with Crippen molar-refractivity contribution in [2.24, 2.45) is 5.92 Å². The number of thioether (sulfide) groups is 1. The fourth-order valence-electron chi connectivity index (χ4n) is 3.84. The van der Waals surface area contributed by atoms with Gasteiger partial charge < -0.3 is 5.32 Å². The van der Waals surface area contributed by atoms with Crippen LogP contribution in [0.4, 0.5) is 0 Å². The standard InChI is InChI=1S/C20H27N3OS/c1-13-7-3-5-9-17(13)22-19(24)14(2)25-20-16(12-21)11-15-8-4-6-10-18(15)23-20/h11,13-14,17H,3-10H2,1-2H3,(H,22,24). The van der Waals surface area contributed by atoms with Gasteiger partial charge in [0.05, 0.1) is 10.8 Å². The summed E-state index contributed by atoms with van der Waals surface area (Å²) in [7, 11) is 0. The molecule has 1 saturated carbocycles. The zero-order valence-electron chi connectivity index (χ0n) is 15.2. The third-order valence-corrected chi connectivity index (χ3v) is 6.59. The second-order valence-corrected chi connectivity index (χ2v) is 8.73. The maximum atomic E-state index is 12.6. The van der Waals surface area contributed by atoms with E-state index in [1.807, 2.05) is 13.0 Å². The van der Waals surface area contributed by atoms with Crippen molar-refractivity contribution in [2.45, 2.75) is 81.5 Å². The average Bonchev–Trinajstić information content (AvgIpc) is 2.63. The summed E-state index contributed by atoms with van der Waals surface area (Å²) in [6.07, 6.45) is 9.05. The molecule has 1 N–H and O–H groups in total. The van der Waals surface area contributed by atoms with Gasteiger partial charge in [-0.2, -0.15) is 5.26 Å². The van der Waals surface area contributed by atoms with Crippen molar-refractivity contribution in [3.05, 3.63) is 22.9 Å². The number of aryl methyl sites for hydroxylation is 2. The van der Waals surface area contributed by atoms with Crippen LogP contribution in [0.3, 0.4) is 0 Å². The van der Waals surface area contributed by atoms with E-state index >= 15 is 0 Å². The molecule has 1 fully saturated rings. The van der Waals surface area contributed by atoms with Crippen LogP contribution in [0.5, 0.6) is 0 Å². The Hall–Kier alpha value is -1.54. The van der Waals surface area contributed by atoms with Crippen molar-refractivity contribution in [1.82, 2.24) is 10.3 Å². The Bertz CT molecular complexity index is 682. The minimum Gasteiger partial charge on any atom is -0.352 e. The molecule has 3 unspecified atom stereocenters. The van der Waals surface area contributed by atoms with E-state index in [4.69, 9.17) is 4.98 Å². The van der Waals surface area contributed by atoms with Gasteiger partial charge in [0.25, 0.3) is 0 Å². The lowest BCUT2D eigenvalue weighted by molar-refractivity contribution is -0.121. The fourth-order valence-corrected chi connectivity index (χ4v) is 4.74. The lowest BCUT2D eigenvalue weighted by Gasteiger charge is -2.30. The van der Waals surface area contributed by atoms with Crippen molar-refractivity contribution in [1.29, 1.82) is 5.26 Å². The fraction of sp³-hybridized carbons (Fsp3) is 0.650. The quantitative estimate of drug-likeness (QED) is 0.827. The highest BCUT2D eigenvalue weighted by Crippen LogP contribution is 2.30. The molecule has 25 heavy (non-hydrogen) atoms. The highest BCUT2D eigenvalue weighted by molar-refractivity contribution is 8.00. The average molecular weight is 358 g/mol. The maximum absolute atomic E-state index is 12.6. The third kappa shape index (κ3) is 4.36. The molecule has 3 rings (SSSR count). The number of aromatic nitrogens is 1. The predicted molar refractivity (Wildman–Crippen MR) is 100 cm³/mol. The van der Waals surface area contributed by atoms with Gasteiger partial charge >= 0.3 is 0 Å². The van der Waals surface area contributed by atoms with Gasteiger partial charge in [-0.1, -0.05) is 31.5 Å². The highest BCUT2D eigenvalue weighted by Gasteiger charge is 2.26. The summed E-state index contributed by atoms with van der Waals surface area (Å²) in [6.45, 7) is 4.14. The molecule has 1 aromatic rings. The summed E-state index contributed by atoms with van der Waals surface area (Å²) < 4.78 is 0. The molecule has 2 aliphatic rings. The molecule has 0 saturated heterocycles. The van der Waals surface area contributed by atoms with Crippen LogP contribution in [0.1, 0.15) is 69.2 Å². The first-order valence-electron chi connectivity index (χ1n) is 9.48. The van der Waals surface area contributed by atoms with E-state index in [-0.39, 0.29) is 17.2 Å². The van der Waals surface area contributed by atoms with E-state index in [0.717, 1.165) is 31.4 Å². The monoisotopic (exact) mass is 357 g/mol. The van der Waals surface area contributed by atoms with Gasteiger partial charge in [-0.15, -0.1) is 0 Å². The number of rotatable bonds is 4. The largest absolute Gasteiger partial charge is 0.352 e. The van der Waals surface area contributed by atoms with Crippen molar-refractivity contribution >= 4 is 17.7 Å². The summed E-state index contributed by atoms with van der Waals surface area (Å²) in [5.74, 6) is 0.610. The van der Waals surface area contributed by atoms with E-state index in [2.05, 4.69) is 18.3 Å². The number of nitrogens with one attached hydrogen (secondary N) is 1. The number of nitriles is 1. The molecular formula is C20H27N3OS. The van der Waals surface area contributed by atoms with E-state index in [1.54, 1.807) is 0 Å². The molecule has 134 valence electrons. The molecule has 0 spiro atoms. The molecular weight excluding hydrogens is 330 g/mol. The van der Waals surface area contributed by atoms with Gasteiger partial charge in [0.2, 0.25) is 5.91 Å². The highest BCUT2D eigenvalue weighted by atomic mass is 32.2. The smallest absolute Gasteiger partial charge is 0.233 e. The van der Waals surface area contributed by atoms with Crippen LogP contribution in [-0.2, 0) is 17.6 Å². The summed E-state index contributed by atoms with van der Waals surface area (Å²) >= 11 is 1.42. The Labute approximate surface area is 154 Å². The number of fused-ring (bicyclic) bond motifs is 1. The second kappa shape index (κ2) is 8.23. The zero-order valence-corrected chi connectivity index (χ0v) is 16.0. The predicted octanol–water partition coefficient (Wildman–Crippen LogP) is 4.01. The van der Waals surface area contributed by atoms with Crippen molar-refractivity contribution in [2.75, 3.05) is 0 Å². The van der Waals surface area contributed by atoms with Gasteiger partial charge in [0.1, 0.15) is 11.1 Å². The Balaban J connectivity index is 1.68. The Kier molecular flexibility index (Phi) is 6.01. The van der Waals surface area contributed by atoms with Crippen LogP contribution in [0, 0.1) is 17.2 Å². The Morgan fingerprint density at radius 3 is 2.84 bits per heavy atom. The topological polar surface area (TPSA) is 65.8 Å². The molecule has 1 heterocycles. The molecule has 0 bridgehead atoms. The second-order valence-electron chi connectivity index (χ2n) is 7.40. The zero-order chi connectivity index (χ0) is 17.8. The van der Waals surface area contributed by atoms with Crippen LogP contribution in [0.25, 0.3) is 0 Å². The number of amides is 1. The van der Waals surface area contributed by atoms with Crippen LogP contribution in [-0.4, -0.2) is 22.2 Å². The van der Waals surface area contributed by atoms with Crippen LogP contribution < -0.4 is 5.32 Å². The Morgan fingerprint density at radius 1 is 1.32 bits per heavy atom. The normalized spacial score (nSPS) is 24.0. The Morgan fingerprint density at radius 2 is 2.08 bits per heavy atom. The first-order valence-corrected chi connectivity index (χ1v) is 10.4. The first kappa shape index (κ1) is 18.3. The van der Waals surface area contributed by atoms with Crippen LogP contribution in [0.15, 0.2) is 11.1 Å². The third-order valence-electron chi connectivity index (χ3n) is 5.48. The number of pyridine rings is 1. The van der Waals surface area contributed by atoms with Crippen molar-refractivity contribution in [3.63, 3.8) is 0 Å². The van der Waals surface area contributed by atoms with Crippen molar-refractivity contribution < 1.29 is 4.79 Å². The van der Waals surface area contributed by atoms with Gasteiger partial charge in [0.15, 0.2) is 0 Å². The summed E-state index contributed by atoms with van der Waals surface area (Å²) in [4.78, 5) is 17.3. The number of hydrogen-bond donors (Lipinski definition) is 1. The molecule has 0 aromatic carbocycles. The summed E-state index contributed by atoms with van der Waals surface area (Å²) in [6, 6.07) is 4.54. The van der Waals surface area contributed by atoms with Crippen molar-refractivity contribution in [3.8, 4) is 6.07 Å². The molecule has 4 nitrogen and oxygen atoms in total. The lowest BCUT2D eigenvalue weighted by Crippen LogP contribution is -2.44. The van der Waals surface area contributed by atoms with Gasteiger partial charge in [-0.25, -0.2) is 4.98 Å². The van der Waals surface area contributed by atoms with Gasteiger partial charge in [0, 0.05) is 11.7 Å². The first-order chi connectivity index (χ1) is 12.1. The lowest BCUT2D eigenvalue weighted by atomic mass is 9.86. The SMILES string of the molecule is CC(Sc1nc2c(cc1C#N)CCCC2)C(=O)NC1CCCCC1C. The number of hydrogen-bond acceptors (Lipinski definition) is 4. The molecule has 1 amide bonds. The number of carbonyl (C=O) groups is 1. The minimum absolute atomic E-state index is 0.0622. The number of nitrogens with zero attached hydrogens (tertiary/aromatic N) is 2. The molecule has 3 atom stereocenters. The molecule has 2 aliphatic carbocycles. The van der Waals surface area contributed by atoms with Crippen LogP contribution in [0.2, 0.25) is 0 Å². The van der Waals surface area contributed by atoms with Gasteiger partial charge in [-0.05, 0) is 63.0 Å². The maximum Gasteiger partial charge on any atom is 0.233 e. The summed E-state index contributed by atoms with van der Waals surface area (Å²) in [5.41, 5.74) is 2.93. The number of carbonyl (C=O) groups excluding carboxylic acids is 1. The van der Waals surface area contributed by atoms with Gasteiger partial charge in [-0.3, -0.25) is 4.79 Å². The van der Waals surface area contributed by atoms with Crippen LogP contribution >= 0.6 is 11.8 Å². The molecule has 0 radical (unpaired) electrons. The van der Waals surface area contributed by atoms with E-state index in [0.29, 0.717) is 16.5 Å². The van der Waals surface area contributed by atoms with E-state index in [9.17, 15) is 10.1 Å². The van der Waals surface area contributed by atoms with E-state index in [1.165, 1.54) is 43.0 Å². The minimum atomic E-state index is -0.240.